The van der Waals surface area contributed by atoms with Crippen LogP contribution >= 0.6 is 0 Å². The summed E-state index contributed by atoms with van der Waals surface area (Å²) in [4.78, 5) is 24.1. The molecule has 0 unspecified atom stereocenters. The normalized spacial score (nSPS) is 17.6. The van der Waals surface area contributed by atoms with Crippen LogP contribution in [0.5, 0.6) is 0 Å². The second kappa shape index (κ2) is 7.30. The minimum atomic E-state index is -0.811. The first-order valence-electron chi connectivity index (χ1n) is 8.27. The van der Waals surface area contributed by atoms with Crippen LogP contribution in [-0.2, 0) is 14.3 Å². The molecule has 4 nitrogen and oxygen atoms in total. The Balaban J connectivity index is 1.56. The van der Waals surface area contributed by atoms with Gasteiger partial charge in [-0.05, 0) is 48.6 Å². The molecule has 0 bridgehead atoms. The molecule has 1 amide bonds. The molecule has 0 radical (unpaired) electrons. The van der Waals surface area contributed by atoms with E-state index in [2.05, 4.69) is 11.4 Å². The predicted molar refractivity (Wildman–Crippen MR) is 94.6 cm³/mol. The van der Waals surface area contributed by atoms with Gasteiger partial charge < -0.3 is 10.1 Å². The highest BCUT2D eigenvalue weighted by Gasteiger charge is 2.21. The van der Waals surface area contributed by atoms with Crippen LogP contribution in [0.15, 0.2) is 54.6 Å². The summed E-state index contributed by atoms with van der Waals surface area (Å²) >= 11 is 0. The fourth-order valence-corrected chi connectivity index (χ4v) is 2.89. The number of carbonyl (C=O) groups is 2. The quantitative estimate of drug-likeness (QED) is 0.666. The molecule has 2 atom stereocenters. The van der Waals surface area contributed by atoms with E-state index in [1.165, 1.54) is 0 Å². The molecule has 1 aliphatic rings. The first-order valence-corrected chi connectivity index (χ1v) is 8.27. The lowest BCUT2D eigenvalue weighted by Crippen LogP contribution is -2.30. The summed E-state index contributed by atoms with van der Waals surface area (Å²) < 4.78 is 5.25. The highest BCUT2D eigenvalue weighted by Crippen LogP contribution is 2.21. The van der Waals surface area contributed by atoms with Gasteiger partial charge in [-0.2, -0.15) is 0 Å². The lowest BCUT2D eigenvalue weighted by molar-refractivity contribution is -0.153. The minimum Gasteiger partial charge on any atom is -0.453 e. The number of nitrogens with one attached hydrogen (secondary N) is 1. The molecule has 0 aromatic heterocycles. The molecule has 0 heterocycles. The van der Waals surface area contributed by atoms with Crippen molar-refractivity contribution < 1.29 is 14.3 Å². The zero-order chi connectivity index (χ0) is 16.9. The van der Waals surface area contributed by atoms with Gasteiger partial charge in [-0.25, -0.2) is 0 Å². The Hall–Kier alpha value is -2.62. The SMILES string of the molecule is C[C@H](OC(=O)C[C@@H]1C=CCC1)C(=O)Nc1ccc2ccccc2c1. The Morgan fingerprint density at radius 1 is 1.21 bits per heavy atom. The second-order valence-electron chi connectivity index (χ2n) is 6.15. The fourth-order valence-electron chi connectivity index (χ4n) is 2.89. The molecule has 0 saturated carbocycles. The molecule has 1 aliphatic carbocycles. The van der Waals surface area contributed by atoms with Gasteiger partial charge in [-0.3, -0.25) is 9.59 Å². The van der Waals surface area contributed by atoms with E-state index in [0.717, 1.165) is 23.6 Å². The van der Waals surface area contributed by atoms with Crippen LogP contribution in [-0.4, -0.2) is 18.0 Å². The molecule has 3 rings (SSSR count). The third kappa shape index (κ3) is 4.02. The Morgan fingerprint density at radius 2 is 2.00 bits per heavy atom. The van der Waals surface area contributed by atoms with E-state index in [1.54, 1.807) is 6.92 Å². The smallest absolute Gasteiger partial charge is 0.307 e. The number of hydrogen-bond acceptors (Lipinski definition) is 3. The maximum atomic E-state index is 12.2. The van der Waals surface area contributed by atoms with Gasteiger partial charge in [-0.1, -0.05) is 42.5 Å². The maximum absolute atomic E-state index is 12.2. The Bertz CT molecular complexity index is 781. The lowest BCUT2D eigenvalue weighted by Gasteiger charge is -2.15. The zero-order valence-corrected chi connectivity index (χ0v) is 13.7. The van der Waals surface area contributed by atoms with Crippen LogP contribution < -0.4 is 5.32 Å². The number of carbonyl (C=O) groups excluding carboxylic acids is 2. The molecule has 124 valence electrons. The van der Waals surface area contributed by atoms with Gasteiger partial charge >= 0.3 is 5.97 Å². The zero-order valence-electron chi connectivity index (χ0n) is 13.7. The van der Waals surface area contributed by atoms with Crippen LogP contribution in [0.2, 0.25) is 0 Å². The lowest BCUT2D eigenvalue weighted by atomic mass is 10.1. The molecule has 1 N–H and O–H groups in total. The molecule has 2 aromatic rings. The van der Waals surface area contributed by atoms with Gasteiger partial charge in [-0.15, -0.1) is 0 Å². The van der Waals surface area contributed by atoms with Crippen LogP contribution in [0.3, 0.4) is 0 Å². The standard InChI is InChI=1S/C20H21NO3/c1-14(24-19(22)12-15-6-2-3-7-15)20(23)21-18-11-10-16-8-4-5-9-17(16)13-18/h2,4-6,8-11,13-15H,3,7,12H2,1H3,(H,21,23)/t14-,15+/m0/s1. The summed E-state index contributed by atoms with van der Waals surface area (Å²) in [7, 11) is 0. The van der Waals surface area contributed by atoms with Crippen molar-refractivity contribution in [2.75, 3.05) is 5.32 Å². The summed E-state index contributed by atoms with van der Waals surface area (Å²) in [6.45, 7) is 1.60. The van der Waals surface area contributed by atoms with Gasteiger partial charge in [0.25, 0.3) is 5.91 Å². The van der Waals surface area contributed by atoms with Crippen LogP contribution in [0, 0.1) is 5.92 Å². The first-order chi connectivity index (χ1) is 11.6. The summed E-state index contributed by atoms with van der Waals surface area (Å²) in [5, 5.41) is 4.96. The van der Waals surface area contributed by atoms with Crippen LogP contribution in [0.4, 0.5) is 5.69 Å². The van der Waals surface area contributed by atoms with Crippen molar-refractivity contribution in [3.63, 3.8) is 0 Å². The van der Waals surface area contributed by atoms with Gasteiger partial charge in [0.15, 0.2) is 6.10 Å². The van der Waals surface area contributed by atoms with Gasteiger partial charge in [0, 0.05) is 5.69 Å². The molecule has 24 heavy (non-hydrogen) atoms. The number of rotatable bonds is 5. The molecular formula is C20H21NO3. The molecule has 4 heteroatoms. The molecule has 0 saturated heterocycles. The highest BCUT2D eigenvalue weighted by molar-refractivity contribution is 5.97. The van der Waals surface area contributed by atoms with Crippen molar-refractivity contribution in [2.45, 2.75) is 32.3 Å². The first kappa shape index (κ1) is 16.2. The number of hydrogen-bond donors (Lipinski definition) is 1. The summed E-state index contributed by atoms with van der Waals surface area (Å²) in [6.07, 6.45) is 5.64. The third-order valence-corrected chi connectivity index (χ3v) is 4.24. The molecule has 0 spiro atoms. The topological polar surface area (TPSA) is 55.4 Å². The molecule has 2 aromatic carbocycles. The average molecular weight is 323 g/mol. The summed E-state index contributed by atoms with van der Waals surface area (Å²) in [5.74, 6) is -0.401. The van der Waals surface area contributed by atoms with E-state index in [1.807, 2.05) is 48.5 Å². The molecule has 0 aliphatic heterocycles. The Morgan fingerprint density at radius 3 is 2.75 bits per heavy atom. The predicted octanol–water partition coefficient (Wildman–Crippen LogP) is 4.07. The number of allylic oxidation sites excluding steroid dienone is 2. The molecule has 0 fully saturated rings. The van der Waals surface area contributed by atoms with Gasteiger partial charge in [0.1, 0.15) is 0 Å². The van der Waals surface area contributed by atoms with E-state index in [9.17, 15) is 9.59 Å². The van der Waals surface area contributed by atoms with E-state index in [-0.39, 0.29) is 17.8 Å². The minimum absolute atomic E-state index is 0.244. The maximum Gasteiger partial charge on any atom is 0.307 e. The van der Waals surface area contributed by atoms with E-state index in [0.29, 0.717) is 12.1 Å². The fraction of sp³-hybridized carbons (Fsp3) is 0.300. The third-order valence-electron chi connectivity index (χ3n) is 4.24. The number of esters is 1. The summed E-state index contributed by atoms with van der Waals surface area (Å²) in [5.41, 5.74) is 0.695. The van der Waals surface area contributed by atoms with Crippen molar-refractivity contribution in [1.82, 2.24) is 0 Å². The Labute approximate surface area is 141 Å². The number of anilines is 1. The van der Waals surface area contributed by atoms with Crippen molar-refractivity contribution in [3.8, 4) is 0 Å². The Kier molecular flexibility index (Phi) is 4.94. The van der Waals surface area contributed by atoms with E-state index >= 15 is 0 Å². The second-order valence-corrected chi connectivity index (χ2v) is 6.15. The van der Waals surface area contributed by atoms with Crippen LogP contribution in [0.25, 0.3) is 10.8 Å². The highest BCUT2D eigenvalue weighted by atomic mass is 16.5. The number of benzene rings is 2. The van der Waals surface area contributed by atoms with E-state index in [4.69, 9.17) is 4.74 Å². The van der Waals surface area contributed by atoms with E-state index < -0.39 is 6.10 Å². The number of ether oxygens (including phenoxy) is 1. The van der Waals surface area contributed by atoms with Crippen molar-refractivity contribution >= 4 is 28.3 Å². The van der Waals surface area contributed by atoms with Crippen LogP contribution in [0.1, 0.15) is 26.2 Å². The largest absolute Gasteiger partial charge is 0.453 e. The number of fused-ring (bicyclic) bond motifs is 1. The van der Waals surface area contributed by atoms with Crippen molar-refractivity contribution in [3.05, 3.63) is 54.6 Å². The monoisotopic (exact) mass is 323 g/mol. The molecular weight excluding hydrogens is 302 g/mol. The van der Waals surface area contributed by atoms with Gasteiger partial charge in [0.2, 0.25) is 0 Å². The van der Waals surface area contributed by atoms with Crippen molar-refractivity contribution in [1.29, 1.82) is 0 Å². The number of amides is 1. The summed E-state index contributed by atoms with van der Waals surface area (Å²) in [6, 6.07) is 13.6. The average Bonchev–Trinajstić information content (AvgIpc) is 3.07. The van der Waals surface area contributed by atoms with Crippen molar-refractivity contribution in [2.24, 2.45) is 5.92 Å². The van der Waals surface area contributed by atoms with Gasteiger partial charge in [0.05, 0.1) is 6.42 Å².